The SMILES string of the molecule is Cn1cncc1/C(C#N)=C1\SCC(c2ccc(C#N)c(Cl)c2)S1. The summed E-state index contributed by atoms with van der Waals surface area (Å²) in [5.41, 5.74) is 3.03. The average molecular weight is 359 g/mol. The van der Waals surface area contributed by atoms with Crippen LogP contribution in [0.5, 0.6) is 0 Å². The van der Waals surface area contributed by atoms with E-state index in [9.17, 15) is 5.26 Å². The summed E-state index contributed by atoms with van der Waals surface area (Å²) in [6, 6.07) is 9.89. The lowest BCUT2D eigenvalue weighted by molar-refractivity contribution is 0.899. The van der Waals surface area contributed by atoms with Gasteiger partial charge in [0, 0.05) is 18.1 Å². The summed E-state index contributed by atoms with van der Waals surface area (Å²) in [4.78, 5) is 4.08. The second kappa shape index (κ2) is 6.72. The molecule has 0 amide bonds. The Labute approximate surface area is 147 Å². The molecule has 23 heavy (non-hydrogen) atoms. The number of nitrogens with zero attached hydrogens (tertiary/aromatic N) is 4. The van der Waals surface area contributed by atoms with Crippen LogP contribution in [-0.2, 0) is 7.05 Å². The van der Waals surface area contributed by atoms with Crippen LogP contribution in [0, 0.1) is 22.7 Å². The highest BCUT2D eigenvalue weighted by Crippen LogP contribution is 2.52. The van der Waals surface area contributed by atoms with Gasteiger partial charge in [0.15, 0.2) is 0 Å². The van der Waals surface area contributed by atoms with Gasteiger partial charge >= 0.3 is 0 Å². The molecular weight excluding hydrogens is 348 g/mol. The van der Waals surface area contributed by atoms with Gasteiger partial charge in [0.2, 0.25) is 0 Å². The van der Waals surface area contributed by atoms with Gasteiger partial charge in [0.25, 0.3) is 0 Å². The molecule has 4 nitrogen and oxygen atoms in total. The first-order chi connectivity index (χ1) is 11.1. The zero-order chi connectivity index (χ0) is 16.4. The van der Waals surface area contributed by atoms with Gasteiger partial charge in [-0.2, -0.15) is 10.5 Å². The van der Waals surface area contributed by atoms with E-state index in [2.05, 4.69) is 17.1 Å². The summed E-state index contributed by atoms with van der Waals surface area (Å²) in [5, 5.41) is 19.2. The Balaban J connectivity index is 1.90. The van der Waals surface area contributed by atoms with E-state index in [1.54, 1.807) is 42.1 Å². The predicted octanol–water partition coefficient (Wildman–Crippen LogP) is 4.36. The zero-order valence-corrected chi connectivity index (χ0v) is 14.5. The topological polar surface area (TPSA) is 65.4 Å². The number of rotatable bonds is 2. The van der Waals surface area contributed by atoms with Crippen LogP contribution in [0.2, 0.25) is 5.02 Å². The number of benzene rings is 1. The van der Waals surface area contributed by atoms with Crippen LogP contribution < -0.4 is 0 Å². The lowest BCUT2D eigenvalue weighted by Gasteiger charge is -2.09. The first-order valence-corrected chi connectivity index (χ1v) is 8.98. The number of aryl methyl sites for hydroxylation is 1. The highest BCUT2D eigenvalue weighted by atomic mass is 35.5. The largest absolute Gasteiger partial charge is 0.333 e. The fourth-order valence-corrected chi connectivity index (χ4v) is 5.40. The van der Waals surface area contributed by atoms with Crippen LogP contribution in [0.3, 0.4) is 0 Å². The van der Waals surface area contributed by atoms with E-state index in [-0.39, 0.29) is 5.25 Å². The molecule has 1 saturated heterocycles. The maximum Gasteiger partial charge on any atom is 0.103 e. The number of hydrogen-bond donors (Lipinski definition) is 0. The molecule has 0 aliphatic carbocycles. The molecule has 1 aromatic carbocycles. The summed E-state index contributed by atoms with van der Waals surface area (Å²) in [6.45, 7) is 0. The Hall–Kier alpha value is -1.86. The van der Waals surface area contributed by atoms with Crippen LogP contribution >= 0.6 is 35.1 Å². The van der Waals surface area contributed by atoms with Crippen LogP contribution in [-0.4, -0.2) is 15.3 Å². The van der Waals surface area contributed by atoms with Gasteiger partial charge in [0.05, 0.1) is 38.6 Å². The monoisotopic (exact) mass is 358 g/mol. The molecule has 0 radical (unpaired) electrons. The molecule has 1 aromatic heterocycles. The minimum absolute atomic E-state index is 0.219. The Morgan fingerprint density at radius 1 is 1.43 bits per heavy atom. The van der Waals surface area contributed by atoms with Gasteiger partial charge in [-0.25, -0.2) is 4.98 Å². The van der Waals surface area contributed by atoms with E-state index in [1.165, 1.54) is 0 Å². The number of imidazole rings is 1. The Kier molecular flexibility index (Phi) is 4.68. The van der Waals surface area contributed by atoms with E-state index < -0.39 is 0 Å². The van der Waals surface area contributed by atoms with Crippen molar-refractivity contribution in [1.82, 2.24) is 9.55 Å². The molecule has 114 valence electrons. The van der Waals surface area contributed by atoms with Crippen molar-refractivity contribution in [2.24, 2.45) is 7.05 Å². The van der Waals surface area contributed by atoms with Crippen molar-refractivity contribution in [1.29, 1.82) is 10.5 Å². The highest BCUT2D eigenvalue weighted by molar-refractivity contribution is 8.25. The zero-order valence-electron chi connectivity index (χ0n) is 12.2. The quantitative estimate of drug-likeness (QED) is 0.746. The molecule has 3 rings (SSSR count). The smallest absolute Gasteiger partial charge is 0.103 e. The summed E-state index contributed by atoms with van der Waals surface area (Å²) in [7, 11) is 1.88. The summed E-state index contributed by atoms with van der Waals surface area (Å²) >= 11 is 9.46. The number of hydrogen-bond acceptors (Lipinski definition) is 5. The van der Waals surface area contributed by atoms with Crippen molar-refractivity contribution in [2.75, 3.05) is 5.75 Å². The molecule has 1 aliphatic heterocycles. The van der Waals surface area contributed by atoms with Crippen LogP contribution in [0.4, 0.5) is 0 Å². The van der Waals surface area contributed by atoms with Gasteiger partial charge < -0.3 is 4.57 Å². The number of nitriles is 2. The lowest BCUT2D eigenvalue weighted by atomic mass is 10.1. The first kappa shape index (κ1) is 16.0. The average Bonchev–Trinajstić information content (AvgIpc) is 3.19. The Morgan fingerprint density at radius 3 is 2.87 bits per heavy atom. The molecule has 0 spiro atoms. The predicted molar refractivity (Wildman–Crippen MR) is 94.7 cm³/mol. The van der Waals surface area contributed by atoms with Gasteiger partial charge in [0.1, 0.15) is 12.1 Å². The fraction of sp³-hybridized carbons (Fsp3) is 0.188. The molecule has 0 bridgehead atoms. The molecule has 2 heterocycles. The lowest BCUT2D eigenvalue weighted by Crippen LogP contribution is -1.94. The van der Waals surface area contributed by atoms with Crippen molar-refractivity contribution < 1.29 is 0 Å². The van der Waals surface area contributed by atoms with Crippen molar-refractivity contribution >= 4 is 40.7 Å². The van der Waals surface area contributed by atoms with Crippen LogP contribution in [0.1, 0.15) is 22.1 Å². The molecule has 1 unspecified atom stereocenters. The first-order valence-electron chi connectivity index (χ1n) is 6.74. The van der Waals surface area contributed by atoms with Crippen LogP contribution in [0.15, 0.2) is 35.0 Å². The number of aromatic nitrogens is 2. The molecule has 7 heteroatoms. The number of halogens is 1. The normalized spacial score (nSPS) is 19.2. The second-order valence-electron chi connectivity index (χ2n) is 4.93. The van der Waals surface area contributed by atoms with Gasteiger partial charge in [-0.15, -0.1) is 23.5 Å². The Morgan fingerprint density at radius 2 is 2.26 bits per heavy atom. The van der Waals surface area contributed by atoms with E-state index in [4.69, 9.17) is 16.9 Å². The molecule has 0 saturated carbocycles. The third kappa shape index (κ3) is 3.11. The van der Waals surface area contributed by atoms with E-state index in [0.717, 1.165) is 21.2 Å². The number of allylic oxidation sites excluding steroid dienone is 1. The second-order valence-corrected chi connectivity index (χ2v) is 7.84. The van der Waals surface area contributed by atoms with Gasteiger partial charge in [-0.1, -0.05) is 17.7 Å². The highest BCUT2D eigenvalue weighted by Gasteiger charge is 2.27. The van der Waals surface area contributed by atoms with E-state index in [0.29, 0.717) is 16.2 Å². The molecule has 2 aromatic rings. The third-order valence-corrected chi connectivity index (χ3v) is 6.76. The van der Waals surface area contributed by atoms with E-state index in [1.807, 2.05) is 23.7 Å². The molecule has 0 N–H and O–H groups in total. The third-order valence-electron chi connectivity index (χ3n) is 3.49. The summed E-state index contributed by atoms with van der Waals surface area (Å²) in [6.07, 6.45) is 3.40. The van der Waals surface area contributed by atoms with Crippen LogP contribution in [0.25, 0.3) is 5.57 Å². The molecule has 1 aliphatic rings. The van der Waals surface area contributed by atoms with Crippen molar-refractivity contribution in [3.8, 4) is 12.1 Å². The summed E-state index contributed by atoms with van der Waals surface area (Å²) < 4.78 is 2.85. The molecule has 1 fully saturated rings. The maximum atomic E-state index is 9.52. The number of thioether (sulfide) groups is 2. The fourth-order valence-electron chi connectivity index (χ4n) is 2.27. The van der Waals surface area contributed by atoms with E-state index >= 15 is 0 Å². The van der Waals surface area contributed by atoms with Crippen molar-refractivity contribution in [2.45, 2.75) is 5.25 Å². The van der Waals surface area contributed by atoms with Gasteiger partial charge in [-0.3, -0.25) is 0 Å². The Bertz CT molecular complexity index is 873. The van der Waals surface area contributed by atoms with Gasteiger partial charge in [-0.05, 0) is 17.7 Å². The maximum absolute atomic E-state index is 9.52. The molecular formula is C16H11ClN4S2. The summed E-state index contributed by atoms with van der Waals surface area (Å²) in [5.74, 6) is 0.866. The van der Waals surface area contributed by atoms with Crippen molar-refractivity contribution in [3.63, 3.8) is 0 Å². The van der Waals surface area contributed by atoms with Crippen molar-refractivity contribution in [3.05, 3.63) is 56.8 Å². The minimum Gasteiger partial charge on any atom is -0.333 e. The minimum atomic E-state index is 0.219. The standard InChI is InChI=1S/C16H11ClN4S2/c1-21-9-20-7-14(21)12(6-19)16-22-8-15(23-16)10-2-3-11(5-18)13(17)4-10/h2-4,7,9,15H,8H2,1H3/b16-12+. The molecule has 1 atom stereocenters.